The lowest BCUT2D eigenvalue weighted by atomic mass is 10.3. The minimum Gasteiger partial charge on any atom is -0.395 e. The summed E-state index contributed by atoms with van der Waals surface area (Å²) >= 11 is 1.38. The molecule has 0 aliphatic rings. The molecule has 2 N–H and O–H groups in total. The van der Waals surface area contributed by atoms with Crippen LogP contribution in [0.25, 0.3) is 0 Å². The number of anilines is 1. The molecule has 0 aliphatic carbocycles. The number of methoxy groups -OCH3 is 1. The number of aliphatic hydroxyl groups excluding tert-OH is 1. The van der Waals surface area contributed by atoms with Crippen LogP contribution in [0.2, 0.25) is 0 Å². The Kier molecular flexibility index (Phi) is 7.83. The van der Waals surface area contributed by atoms with Crippen molar-refractivity contribution in [1.82, 2.24) is 14.5 Å². The molecule has 7 heteroatoms. The molecule has 0 saturated heterocycles. The normalized spacial score (nSPS) is 11.1. The van der Waals surface area contributed by atoms with Gasteiger partial charge in [0.05, 0.1) is 13.2 Å². The fraction of sp³-hybridized carbons (Fsp3) is 0.818. The predicted molar refractivity (Wildman–Crippen MR) is 72.9 cm³/mol. The molecule has 6 nitrogen and oxygen atoms in total. The van der Waals surface area contributed by atoms with Crippen molar-refractivity contribution in [1.29, 1.82) is 0 Å². The van der Waals surface area contributed by atoms with Crippen molar-refractivity contribution in [2.75, 3.05) is 45.3 Å². The molecule has 1 rings (SSSR count). The van der Waals surface area contributed by atoms with Gasteiger partial charge in [-0.3, -0.25) is 4.90 Å². The maximum Gasteiger partial charge on any atom is 0.134 e. The van der Waals surface area contributed by atoms with Gasteiger partial charge in [0, 0.05) is 44.8 Å². The van der Waals surface area contributed by atoms with Gasteiger partial charge in [0.25, 0.3) is 0 Å². The van der Waals surface area contributed by atoms with E-state index in [2.05, 4.69) is 26.7 Å². The van der Waals surface area contributed by atoms with Gasteiger partial charge in [-0.25, -0.2) is 0 Å². The summed E-state index contributed by atoms with van der Waals surface area (Å²) in [5.41, 5.74) is 0.943. The maximum absolute atomic E-state index is 9.04. The summed E-state index contributed by atoms with van der Waals surface area (Å²) in [6.45, 7) is 5.92. The first-order valence-corrected chi connectivity index (χ1v) is 6.96. The molecule has 0 atom stereocenters. The van der Waals surface area contributed by atoms with E-state index in [1.165, 1.54) is 11.5 Å². The molecule has 1 aromatic heterocycles. The van der Waals surface area contributed by atoms with Gasteiger partial charge >= 0.3 is 0 Å². The van der Waals surface area contributed by atoms with E-state index < -0.39 is 0 Å². The van der Waals surface area contributed by atoms with Crippen LogP contribution in [-0.2, 0) is 11.3 Å². The molecule has 1 heterocycles. The van der Waals surface area contributed by atoms with Crippen molar-refractivity contribution >= 4 is 16.5 Å². The van der Waals surface area contributed by atoms with Gasteiger partial charge in [0.1, 0.15) is 10.7 Å². The van der Waals surface area contributed by atoms with Crippen molar-refractivity contribution in [2.24, 2.45) is 0 Å². The number of aromatic nitrogens is 2. The van der Waals surface area contributed by atoms with Crippen LogP contribution in [-0.4, -0.2) is 59.6 Å². The lowest BCUT2D eigenvalue weighted by Gasteiger charge is -2.20. The second-order valence-corrected chi connectivity index (χ2v) is 4.72. The van der Waals surface area contributed by atoms with E-state index in [1.807, 2.05) is 0 Å². The van der Waals surface area contributed by atoms with Crippen molar-refractivity contribution in [3.8, 4) is 0 Å². The average molecular weight is 274 g/mol. The third-order valence-corrected chi connectivity index (χ3v) is 3.22. The van der Waals surface area contributed by atoms with Gasteiger partial charge in [-0.2, -0.15) is 0 Å². The number of hydrogen-bond acceptors (Lipinski definition) is 7. The Hall–Kier alpha value is -0.760. The zero-order chi connectivity index (χ0) is 13.2. The van der Waals surface area contributed by atoms with Gasteiger partial charge in [-0.1, -0.05) is 11.4 Å². The van der Waals surface area contributed by atoms with E-state index in [0.717, 1.165) is 30.2 Å². The number of ether oxygens (including phenoxy) is 1. The lowest BCUT2D eigenvalue weighted by molar-refractivity contribution is 0.126. The van der Waals surface area contributed by atoms with Gasteiger partial charge in [0.15, 0.2) is 0 Å². The Morgan fingerprint density at radius 2 is 2.28 bits per heavy atom. The number of nitrogens with one attached hydrogen (secondary N) is 1. The monoisotopic (exact) mass is 274 g/mol. The Morgan fingerprint density at radius 3 is 2.94 bits per heavy atom. The second-order valence-electron chi connectivity index (χ2n) is 3.97. The van der Waals surface area contributed by atoms with Crippen LogP contribution >= 0.6 is 11.5 Å². The first-order valence-electron chi connectivity index (χ1n) is 6.19. The van der Waals surface area contributed by atoms with Gasteiger partial charge < -0.3 is 15.2 Å². The molecular weight excluding hydrogens is 252 g/mol. The molecule has 1 aromatic rings. The highest BCUT2D eigenvalue weighted by Gasteiger charge is 2.12. The molecule has 0 spiro atoms. The van der Waals surface area contributed by atoms with Gasteiger partial charge in [-0.15, -0.1) is 5.10 Å². The molecule has 0 amide bonds. The fourth-order valence-electron chi connectivity index (χ4n) is 1.53. The molecular formula is C11H22N4O2S. The van der Waals surface area contributed by atoms with Crippen LogP contribution in [0.4, 0.5) is 5.00 Å². The summed E-state index contributed by atoms with van der Waals surface area (Å²) in [5.74, 6) is 0. The van der Waals surface area contributed by atoms with Crippen LogP contribution in [0.5, 0.6) is 0 Å². The molecule has 0 unspecified atom stereocenters. The summed E-state index contributed by atoms with van der Waals surface area (Å²) < 4.78 is 9.04. The smallest absolute Gasteiger partial charge is 0.134 e. The Balaban J connectivity index is 2.53. The van der Waals surface area contributed by atoms with E-state index in [1.54, 1.807) is 7.11 Å². The van der Waals surface area contributed by atoms with Gasteiger partial charge in [0.2, 0.25) is 0 Å². The first-order chi connectivity index (χ1) is 8.81. The summed E-state index contributed by atoms with van der Waals surface area (Å²) in [4.78, 5) is 2.11. The first kappa shape index (κ1) is 15.3. The molecule has 18 heavy (non-hydrogen) atoms. The largest absolute Gasteiger partial charge is 0.395 e. The summed E-state index contributed by atoms with van der Waals surface area (Å²) in [6.07, 6.45) is 1.07. The van der Waals surface area contributed by atoms with E-state index in [-0.39, 0.29) is 6.61 Å². The van der Waals surface area contributed by atoms with E-state index in [9.17, 15) is 0 Å². The summed E-state index contributed by atoms with van der Waals surface area (Å²) in [6, 6.07) is 0. The van der Waals surface area contributed by atoms with Crippen molar-refractivity contribution in [2.45, 2.75) is 19.9 Å². The van der Waals surface area contributed by atoms with E-state index in [0.29, 0.717) is 19.7 Å². The minimum absolute atomic E-state index is 0.138. The third-order valence-electron chi connectivity index (χ3n) is 2.49. The molecule has 0 bridgehead atoms. The van der Waals surface area contributed by atoms with Crippen LogP contribution in [0.1, 0.15) is 19.0 Å². The lowest BCUT2D eigenvalue weighted by Crippen LogP contribution is -2.30. The van der Waals surface area contributed by atoms with E-state index >= 15 is 0 Å². The number of nitrogens with zero attached hydrogens (tertiary/aromatic N) is 3. The van der Waals surface area contributed by atoms with Crippen molar-refractivity contribution < 1.29 is 9.84 Å². The number of rotatable bonds is 10. The molecule has 104 valence electrons. The Labute approximate surface area is 112 Å². The van der Waals surface area contributed by atoms with Crippen molar-refractivity contribution in [3.05, 3.63) is 5.69 Å². The second kappa shape index (κ2) is 9.21. The minimum atomic E-state index is 0.138. The predicted octanol–water partition coefficient (Wildman–Crippen LogP) is 0.801. The zero-order valence-corrected chi connectivity index (χ0v) is 11.9. The standard InChI is InChI=1S/C11H22N4O2S/c1-3-4-12-11-10(13-14-18-11)9-15(5-7-16)6-8-17-2/h12,16H,3-9H2,1-2H3. The molecule has 0 fully saturated rings. The summed E-state index contributed by atoms with van der Waals surface area (Å²) in [7, 11) is 1.68. The van der Waals surface area contributed by atoms with Crippen LogP contribution in [0.15, 0.2) is 0 Å². The quantitative estimate of drug-likeness (QED) is 0.658. The maximum atomic E-state index is 9.04. The highest BCUT2D eigenvalue weighted by molar-refractivity contribution is 7.10. The van der Waals surface area contributed by atoms with Crippen molar-refractivity contribution in [3.63, 3.8) is 0 Å². The van der Waals surface area contributed by atoms with Crippen LogP contribution < -0.4 is 5.32 Å². The summed E-state index contributed by atoms with van der Waals surface area (Å²) in [5, 5.41) is 17.5. The average Bonchev–Trinajstić information content (AvgIpc) is 2.81. The number of hydrogen-bond donors (Lipinski definition) is 2. The molecule has 0 aliphatic heterocycles. The Morgan fingerprint density at radius 1 is 1.44 bits per heavy atom. The topological polar surface area (TPSA) is 70.5 Å². The molecule has 0 saturated carbocycles. The number of aliphatic hydroxyl groups is 1. The highest BCUT2D eigenvalue weighted by atomic mass is 32.1. The fourth-order valence-corrected chi connectivity index (χ4v) is 2.13. The van der Waals surface area contributed by atoms with E-state index in [4.69, 9.17) is 9.84 Å². The Bertz CT molecular complexity index is 322. The van der Waals surface area contributed by atoms with Crippen LogP contribution in [0.3, 0.4) is 0 Å². The highest BCUT2D eigenvalue weighted by Crippen LogP contribution is 2.19. The van der Waals surface area contributed by atoms with Gasteiger partial charge in [-0.05, 0) is 6.42 Å². The molecule has 0 radical (unpaired) electrons. The molecule has 0 aromatic carbocycles. The van der Waals surface area contributed by atoms with Crippen LogP contribution in [0, 0.1) is 0 Å². The third kappa shape index (κ3) is 5.26. The zero-order valence-electron chi connectivity index (χ0n) is 11.1. The SMILES string of the molecule is CCCNc1snnc1CN(CCO)CCOC.